The number of carbonyl (C=O) groups excluding carboxylic acids is 1. The molecule has 4 rings (SSSR count). The minimum Gasteiger partial charge on any atom is -0.487 e. The highest BCUT2D eigenvalue weighted by Gasteiger charge is 2.29. The van der Waals surface area contributed by atoms with E-state index in [0.29, 0.717) is 31.0 Å². The van der Waals surface area contributed by atoms with Crippen molar-refractivity contribution in [3.8, 4) is 5.75 Å². The van der Waals surface area contributed by atoms with E-state index in [4.69, 9.17) is 15.2 Å². The third-order valence-electron chi connectivity index (χ3n) is 4.57. The summed E-state index contributed by atoms with van der Waals surface area (Å²) in [6.07, 6.45) is 4.92. The normalized spacial score (nSPS) is 18.0. The lowest BCUT2D eigenvalue weighted by molar-refractivity contribution is -0.126. The Morgan fingerprint density at radius 1 is 1.24 bits per heavy atom. The van der Waals surface area contributed by atoms with Gasteiger partial charge < -0.3 is 24.9 Å². The summed E-state index contributed by atoms with van der Waals surface area (Å²) >= 11 is 0. The summed E-state index contributed by atoms with van der Waals surface area (Å²) in [5.74, 6) is 0.514. The molecule has 29 heavy (non-hydrogen) atoms. The van der Waals surface area contributed by atoms with Crippen LogP contribution in [0.4, 0.5) is 5.69 Å². The summed E-state index contributed by atoms with van der Waals surface area (Å²) in [7, 11) is 0. The molecule has 0 radical (unpaired) electrons. The first-order valence-electron chi connectivity index (χ1n) is 9.03. The molecule has 3 N–H and O–H groups in total. The summed E-state index contributed by atoms with van der Waals surface area (Å²) in [6, 6.07) is 13.2. The van der Waals surface area contributed by atoms with Gasteiger partial charge >= 0.3 is 0 Å². The summed E-state index contributed by atoms with van der Waals surface area (Å²) in [5.41, 5.74) is 7.98. The van der Waals surface area contributed by atoms with Gasteiger partial charge in [0.25, 0.3) is 5.91 Å². The van der Waals surface area contributed by atoms with Gasteiger partial charge in [0.05, 0.1) is 11.8 Å². The number of nitrogens with one attached hydrogen (secondary N) is 1. The topological polar surface area (TPSA) is 90.9 Å². The van der Waals surface area contributed by atoms with Crippen LogP contribution in [0, 0.1) is 0 Å². The number of ether oxygens (including phenoxy) is 2. The molecule has 1 aromatic carbocycles. The Bertz CT molecular complexity index is 917. The van der Waals surface area contributed by atoms with E-state index < -0.39 is 6.10 Å². The summed E-state index contributed by atoms with van der Waals surface area (Å²) in [4.78, 5) is 16.8. The van der Waals surface area contributed by atoms with Crippen molar-refractivity contribution in [2.75, 3.05) is 11.9 Å². The van der Waals surface area contributed by atoms with Gasteiger partial charge in [-0.1, -0.05) is 12.1 Å². The molecule has 2 aromatic heterocycles. The van der Waals surface area contributed by atoms with E-state index in [1.54, 1.807) is 6.07 Å². The van der Waals surface area contributed by atoms with Crippen LogP contribution in [0.15, 0.2) is 54.9 Å². The monoisotopic (exact) mass is 438 g/mol. The lowest BCUT2D eigenvalue weighted by Crippen LogP contribution is -2.29. The van der Waals surface area contributed by atoms with Crippen LogP contribution in [0.2, 0.25) is 0 Å². The summed E-state index contributed by atoms with van der Waals surface area (Å²) < 4.78 is 13.4. The number of fused-ring (bicyclic) bond motifs is 1. The Kier molecular flexibility index (Phi) is 8.28. The molecule has 1 aliphatic rings. The quantitative estimate of drug-likeness (QED) is 0.616. The van der Waals surface area contributed by atoms with Crippen LogP contribution < -0.4 is 15.8 Å². The highest BCUT2D eigenvalue weighted by Crippen LogP contribution is 2.22. The van der Waals surface area contributed by atoms with Gasteiger partial charge in [-0.15, -0.1) is 24.8 Å². The molecule has 156 valence electrons. The van der Waals surface area contributed by atoms with Crippen molar-refractivity contribution >= 4 is 42.1 Å². The van der Waals surface area contributed by atoms with Gasteiger partial charge in [0.2, 0.25) is 0 Å². The van der Waals surface area contributed by atoms with Crippen LogP contribution in [-0.4, -0.2) is 34.0 Å². The highest BCUT2D eigenvalue weighted by atomic mass is 35.5. The lowest BCUT2D eigenvalue weighted by atomic mass is 10.2. The SMILES string of the molecule is Cl.Cl.NC[C@H]1CC[C@@H](C(=O)Nc2cccc(OCc3cn4ccccc4n3)c2)O1. The zero-order valence-electron chi connectivity index (χ0n) is 15.7. The second-order valence-electron chi connectivity index (χ2n) is 6.56. The fourth-order valence-electron chi connectivity index (χ4n) is 3.17. The highest BCUT2D eigenvalue weighted by molar-refractivity contribution is 5.94. The van der Waals surface area contributed by atoms with Crippen LogP contribution in [0.25, 0.3) is 5.65 Å². The average Bonchev–Trinajstić information content (AvgIpc) is 3.33. The standard InChI is InChI=1S/C20H22N4O3.2ClH/c21-11-17-7-8-18(27-17)20(25)23-14-4-3-5-16(10-14)26-13-15-12-24-9-2-1-6-19(24)22-15;;/h1-6,9-10,12,17-18H,7-8,11,13,21H2,(H,23,25);2*1H/t17-,18+;;/m1../s1. The number of nitrogens with two attached hydrogens (primary N) is 1. The molecular weight excluding hydrogens is 415 g/mol. The number of rotatable bonds is 6. The molecule has 1 aliphatic heterocycles. The number of nitrogens with zero attached hydrogens (tertiary/aromatic N) is 2. The predicted octanol–water partition coefficient (Wildman–Crippen LogP) is 3.20. The van der Waals surface area contributed by atoms with Crippen molar-refractivity contribution in [1.82, 2.24) is 9.38 Å². The predicted molar refractivity (Wildman–Crippen MR) is 116 cm³/mol. The van der Waals surface area contributed by atoms with E-state index in [2.05, 4.69) is 10.3 Å². The molecule has 1 saturated heterocycles. The smallest absolute Gasteiger partial charge is 0.253 e. The molecule has 0 bridgehead atoms. The first-order chi connectivity index (χ1) is 13.2. The van der Waals surface area contributed by atoms with Crippen LogP contribution in [0.1, 0.15) is 18.5 Å². The molecule has 9 heteroatoms. The average molecular weight is 439 g/mol. The molecule has 0 aliphatic carbocycles. The molecule has 2 atom stereocenters. The van der Waals surface area contributed by atoms with Crippen LogP contribution in [0.3, 0.4) is 0 Å². The molecule has 0 spiro atoms. The van der Waals surface area contributed by atoms with E-state index in [-0.39, 0.29) is 36.8 Å². The van der Waals surface area contributed by atoms with Gasteiger partial charge in [-0.2, -0.15) is 0 Å². The van der Waals surface area contributed by atoms with Crippen LogP contribution in [-0.2, 0) is 16.1 Å². The Morgan fingerprint density at radius 3 is 2.86 bits per heavy atom. The minimum absolute atomic E-state index is 0. The number of benzene rings is 1. The van der Waals surface area contributed by atoms with Crippen molar-refractivity contribution in [3.05, 3.63) is 60.6 Å². The second-order valence-corrected chi connectivity index (χ2v) is 6.56. The molecular formula is C20H24Cl2N4O3. The molecule has 3 heterocycles. The van der Waals surface area contributed by atoms with E-state index in [1.165, 1.54) is 0 Å². The Labute approximate surface area is 181 Å². The fourth-order valence-corrected chi connectivity index (χ4v) is 3.17. The Morgan fingerprint density at radius 2 is 2.10 bits per heavy atom. The molecule has 1 fully saturated rings. The van der Waals surface area contributed by atoms with Crippen LogP contribution in [0.5, 0.6) is 5.75 Å². The van der Waals surface area contributed by atoms with Crippen molar-refractivity contribution in [2.24, 2.45) is 5.73 Å². The lowest BCUT2D eigenvalue weighted by Gasteiger charge is -2.13. The third kappa shape index (κ3) is 5.61. The number of hydrogen-bond donors (Lipinski definition) is 2. The van der Waals surface area contributed by atoms with Crippen LogP contribution >= 0.6 is 24.8 Å². The zero-order chi connectivity index (χ0) is 18.6. The van der Waals surface area contributed by atoms with E-state index in [9.17, 15) is 4.79 Å². The number of imidazole rings is 1. The third-order valence-corrected chi connectivity index (χ3v) is 4.57. The second kappa shape index (κ2) is 10.5. The molecule has 0 unspecified atom stereocenters. The molecule has 0 saturated carbocycles. The Balaban J connectivity index is 0.00000150. The first-order valence-corrected chi connectivity index (χ1v) is 9.03. The van der Waals surface area contributed by atoms with Crippen molar-refractivity contribution in [3.63, 3.8) is 0 Å². The maximum Gasteiger partial charge on any atom is 0.253 e. The van der Waals surface area contributed by atoms with Gasteiger partial charge in [-0.05, 0) is 37.1 Å². The zero-order valence-corrected chi connectivity index (χ0v) is 17.3. The number of carbonyl (C=O) groups is 1. The minimum atomic E-state index is -0.443. The van der Waals surface area contributed by atoms with E-state index in [1.807, 2.05) is 53.2 Å². The first kappa shape index (κ1) is 23.0. The number of anilines is 1. The molecule has 1 amide bonds. The fraction of sp³-hybridized carbons (Fsp3) is 0.300. The number of amides is 1. The van der Waals surface area contributed by atoms with Gasteiger partial charge in [-0.3, -0.25) is 4.79 Å². The van der Waals surface area contributed by atoms with E-state index in [0.717, 1.165) is 17.8 Å². The summed E-state index contributed by atoms with van der Waals surface area (Å²) in [6.45, 7) is 0.791. The Hall–Kier alpha value is -2.32. The van der Waals surface area contributed by atoms with E-state index >= 15 is 0 Å². The number of halogens is 2. The number of aromatic nitrogens is 2. The number of pyridine rings is 1. The molecule has 3 aromatic rings. The maximum atomic E-state index is 12.3. The maximum absolute atomic E-state index is 12.3. The largest absolute Gasteiger partial charge is 0.487 e. The molecule has 7 nitrogen and oxygen atoms in total. The van der Waals surface area contributed by atoms with Gasteiger partial charge in [0, 0.05) is 30.7 Å². The van der Waals surface area contributed by atoms with Gasteiger partial charge in [-0.25, -0.2) is 4.98 Å². The number of hydrogen-bond acceptors (Lipinski definition) is 5. The summed E-state index contributed by atoms with van der Waals surface area (Å²) in [5, 5.41) is 2.88. The van der Waals surface area contributed by atoms with Crippen molar-refractivity contribution < 1.29 is 14.3 Å². The van der Waals surface area contributed by atoms with Gasteiger partial charge in [0.1, 0.15) is 24.1 Å². The van der Waals surface area contributed by atoms with Crippen molar-refractivity contribution in [2.45, 2.75) is 31.7 Å². The van der Waals surface area contributed by atoms with Gasteiger partial charge in [0.15, 0.2) is 0 Å². The van der Waals surface area contributed by atoms with Crippen molar-refractivity contribution in [1.29, 1.82) is 0 Å².